The highest BCUT2D eigenvalue weighted by Crippen LogP contribution is 2.44. The van der Waals surface area contributed by atoms with Gasteiger partial charge in [-0.15, -0.1) is 0 Å². The van der Waals surface area contributed by atoms with E-state index in [0.717, 1.165) is 23.0 Å². The molecular formula is C26H26ClN5O5S. The van der Waals surface area contributed by atoms with Crippen LogP contribution in [-0.4, -0.2) is 61.8 Å². The lowest BCUT2D eigenvalue weighted by atomic mass is 10.1. The molecule has 2 aliphatic rings. The van der Waals surface area contributed by atoms with E-state index in [0.29, 0.717) is 23.8 Å². The molecule has 2 amide bonds. The molecule has 0 aliphatic carbocycles. The SMILES string of the molecule is CN1CCN(c2cc(Cl)cc3c2S(=O)(=O)N(Cc2ccccc2[N+](=O)[O-])C(=O)N3Cc2ccccc2)CC1. The van der Waals surface area contributed by atoms with Crippen molar-refractivity contribution in [1.82, 2.24) is 9.21 Å². The van der Waals surface area contributed by atoms with Gasteiger partial charge in [-0.25, -0.2) is 17.5 Å². The Morgan fingerprint density at radius 1 is 0.921 bits per heavy atom. The highest BCUT2D eigenvalue weighted by Gasteiger charge is 2.45. The van der Waals surface area contributed by atoms with E-state index < -0.39 is 27.5 Å². The molecule has 1 fully saturated rings. The first kappa shape index (κ1) is 26.0. The summed E-state index contributed by atoms with van der Waals surface area (Å²) in [6.07, 6.45) is 0. The van der Waals surface area contributed by atoms with E-state index in [2.05, 4.69) is 4.90 Å². The Morgan fingerprint density at radius 3 is 2.24 bits per heavy atom. The molecule has 0 bridgehead atoms. The lowest BCUT2D eigenvalue weighted by Gasteiger charge is -2.40. The quantitative estimate of drug-likeness (QED) is 0.329. The number of carbonyl (C=O) groups is 1. The number of hydrogen-bond donors (Lipinski definition) is 0. The summed E-state index contributed by atoms with van der Waals surface area (Å²) >= 11 is 6.50. The molecule has 0 N–H and O–H groups in total. The Balaban J connectivity index is 1.68. The summed E-state index contributed by atoms with van der Waals surface area (Å²) in [5, 5.41) is 12.0. The van der Waals surface area contributed by atoms with Gasteiger partial charge in [0.1, 0.15) is 4.90 Å². The summed E-state index contributed by atoms with van der Waals surface area (Å²) in [6, 6.07) is 17.3. The molecule has 38 heavy (non-hydrogen) atoms. The van der Waals surface area contributed by atoms with Crippen LogP contribution in [0.1, 0.15) is 11.1 Å². The van der Waals surface area contributed by atoms with Crippen LogP contribution in [0.3, 0.4) is 0 Å². The summed E-state index contributed by atoms with van der Waals surface area (Å²) < 4.78 is 29.1. The van der Waals surface area contributed by atoms with E-state index in [9.17, 15) is 23.3 Å². The number of urea groups is 1. The van der Waals surface area contributed by atoms with Gasteiger partial charge in [0.2, 0.25) is 0 Å². The number of hydrogen-bond acceptors (Lipinski definition) is 7. The number of carbonyl (C=O) groups excluding carboxylic acids is 1. The molecule has 2 aliphatic heterocycles. The maximum atomic E-state index is 14.2. The van der Waals surface area contributed by atoms with E-state index in [-0.39, 0.29) is 28.4 Å². The molecular weight excluding hydrogens is 530 g/mol. The molecule has 10 nitrogen and oxygen atoms in total. The van der Waals surface area contributed by atoms with Crippen molar-refractivity contribution in [3.63, 3.8) is 0 Å². The average Bonchev–Trinajstić information content (AvgIpc) is 2.89. The second-order valence-corrected chi connectivity index (χ2v) is 11.6. The van der Waals surface area contributed by atoms with Crippen molar-refractivity contribution in [2.45, 2.75) is 18.0 Å². The summed E-state index contributed by atoms with van der Waals surface area (Å²) in [4.78, 5) is 30.4. The first-order valence-corrected chi connectivity index (χ1v) is 13.9. The van der Waals surface area contributed by atoms with Gasteiger partial charge in [0, 0.05) is 37.3 Å². The van der Waals surface area contributed by atoms with Crippen molar-refractivity contribution >= 4 is 44.7 Å². The monoisotopic (exact) mass is 555 g/mol. The van der Waals surface area contributed by atoms with Crippen molar-refractivity contribution in [2.24, 2.45) is 0 Å². The lowest BCUT2D eigenvalue weighted by molar-refractivity contribution is -0.385. The molecule has 3 aromatic carbocycles. The topological polar surface area (TPSA) is 107 Å². The van der Waals surface area contributed by atoms with Gasteiger partial charge >= 0.3 is 6.03 Å². The van der Waals surface area contributed by atoms with E-state index in [1.54, 1.807) is 12.1 Å². The van der Waals surface area contributed by atoms with Crippen LogP contribution in [-0.2, 0) is 23.1 Å². The second kappa shape index (κ2) is 10.2. The molecule has 0 unspecified atom stereocenters. The number of fused-ring (bicyclic) bond motifs is 1. The number of para-hydroxylation sites is 1. The first-order chi connectivity index (χ1) is 18.2. The minimum atomic E-state index is -4.40. The predicted molar refractivity (Wildman–Crippen MR) is 145 cm³/mol. The summed E-state index contributed by atoms with van der Waals surface area (Å²) in [5.41, 5.74) is 1.26. The molecule has 0 aromatic heterocycles. The number of amides is 2. The number of anilines is 2. The summed E-state index contributed by atoms with van der Waals surface area (Å²) in [5.74, 6) is 0. The number of sulfonamides is 1. The third-order valence-corrected chi connectivity index (χ3v) is 8.85. The van der Waals surface area contributed by atoms with Gasteiger partial charge in [0.05, 0.1) is 35.0 Å². The smallest absolute Gasteiger partial charge is 0.339 e. The maximum absolute atomic E-state index is 14.2. The van der Waals surface area contributed by atoms with Crippen molar-refractivity contribution < 1.29 is 18.1 Å². The molecule has 5 rings (SSSR count). The van der Waals surface area contributed by atoms with Crippen molar-refractivity contribution in [2.75, 3.05) is 43.0 Å². The minimum absolute atomic E-state index is 0.0273. The fraction of sp³-hybridized carbons (Fsp3) is 0.269. The van der Waals surface area contributed by atoms with Crippen LogP contribution in [0.15, 0.2) is 71.6 Å². The van der Waals surface area contributed by atoms with Crippen LogP contribution in [0.4, 0.5) is 21.9 Å². The number of nitro benzene ring substituents is 1. The maximum Gasteiger partial charge on any atom is 0.339 e. The van der Waals surface area contributed by atoms with Gasteiger partial charge < -0.3 is 9.80 Å². The van der Waals surface area contributed by atoms with Gasteiger partial charge in [-0.05, 0) is 24.7 Å². The van der Waals surface area contributed by atoms with E-state index in [1.807, 2.05) is 42.3 Å². The van der Waals surface area contributed by atoms with Gasteiger partial charge in [0.15, 0.2) is 0 Å². The van der Waals surface area contributed by atoms with Gasteiger partial charge in [-0.1, -0.05) is 60.1 Å². The number of rotatable bonds is 6. The number of piperazine rings is 1. The number of nitrogens with zero attached hydrogens (tertiary/aromatic N) is 5. The zero-order valence-electron chi connectivity index (χ0n) is 20.7. The minimum Gasteiger partial charge on any atom is -0.368 e. The van der Waals surface area contributed by atoms with E-state index in [4.69, 9.17) is 11.6 Å². The first-order valence-electron chi connectivity index (χ1n) is 12.0. The molecule has 0 atom stereocenters. The van der Waals surface area contributed by atoms with Crippen LogP contribution in [0.2, 0.25) is 5.02 Å². The van der Waals surface area contributed by atoms with Crippen LogP contribution in [0.25, 0.3) is 0 Å². The van der Waals surface area contributed by atoms with E-state index in [1.165, 1.54) is 29.2 Å². The van der Waals surface area contributed by atoms with Crippen LogP contribution >= 0.6 is 11.6 Å². The van der Waals surface area contributed by atoms with Crippen molar-refractivity contribution in [1.29, 1.82) is 0 Å². The molecule has 0 radical (unpaired) electrons. The number of nitro groups is 1. The number of halogens is 1. The third-order valence-electron chi connectivity index (χ3n) is 6.83. The third kappa shape index (κ3) is 4.80. The molecule has 0 saturated carbocycles. The van der Waals surface area contributed by atoms with Gasteiger partial charge in [-0.3, -0.25) is 15.0 Å². The Kier molecular flexibility index (Phi) is 6.99. The Hall–Kier alpha value is -3.67. The Labute approximate surface area is 225 Å². The highest BCUT2D eigenvalue weighted by molar-refractivity contribution is 7.90. The highest BCUT2D eigenvalue weighted by atomic mass is 35.5. The van der Waals surface area contributed by atoms with Crippen LogP contribution in [0.5, 0.6) is 0 Å². The molecule has 1 saturated heterocycles. The Morgan fingerprint density at radius 2 is 1.55 bits per heavy atom. The van der Waals surface area contributed by atoms with Crippen LogP contribution in [0, 0.1) is 10.1 Å². The molecule has 3 aromatic rings. The summed E-state index contributed by atoms with van der Waals surface area (Å²) in [7, 11) is -2.41. The number of benzene rings is 3. The molecule has 12 heteroatoms. The van der Waals surface area contributed by atoms with Crippen molar-refractivity contribution in [3.8, 4) is 0 Å². The molecule has 198 valence electrons. The molecule has 0 spiro atoms. The van der Waals surface area contributed by atoms with Crippen LogP contribution < -0.4 is 9.80 Å². The predicted octanol–water partition coefficient (Wildman–Crippen LogP) is 4.33. The zero-order valence-corrected chi connectivity index (χ0v) is 22.2. The zero-order chi connectivity index (χ0) is 27.0. The number of likely N-dealkylation sites (N-methyl/N-ethyl adjacent to an activating group) is 1. The fourth-order valence-corrected chi connectivity index (χ4v) is 6.74. The van der Waals surface area contributed by atoms with Gasteiger partial charge in [0.25, 0.3) is 15.7 Å². The lowest BCUT2D eigenvalue weighted by Crippen LogP contribution is -2.51. The Bertz CT molecular complexity index is 1490. The summed E-state index contributed by atoms with van der Waals surface area (Å²) in [6.45, 7) is 2.24. The van der Waals surface area contributed by atoms with Crippen molar-refractivity contribution in [3.05, 3.63) is 93.0 Å². The molecule has 2 heterocycles. The largest absolute Gasteiger partial charge is 0.368 e. The second-order valence-electron chi connectivity index (χ2n) is 9.32. The normalized spacial score (nSPS) is 17.4. The standard InChI is InChI=1S/C26H26ClN5O5S/c1-28-11-13-29(14-12-28)23-15-21(27)16-24-25(23)38(36,37)31(18-20-9-5-6-10-22(20)32(34)35)26(33)30(24)17-19-7-3-2-4-8-19/h2-10,15-16H,11-14,17-18H2,1H3. The average molecular weight is 556 g/mol. The van der Waals surface area contributed by atoms with Gasteiger partial charge in [-0.2, -0.15) is 0 Å². The van der Waals surface area contributed by atoms with E-state index >= 15 is 0 Å². The fourth-order valence-electron chi connectivity index (χ4n) is 4.81.